The van der Waals surface area contributed by atoms with E-state index in [1.54, 1.807) is 6.20 Å². The molecule has 0 aliphatic carbocycles. The highest BCUT2D eigenvalue weighted by Crippen LogP contribution is 2.05. The summed E-state index contributed by atoms with van der Waals surface area (Å²) in [5.41, 5.74) is 8.33. The zero-order valence-electron chi connectivity index (χ0n) is 6.59. The Hall–Kier alpha value is -0.960. The second-order valence-electron chi connectivity index (χ2n) is 2.54. The lowest BCUT2D eigenvalue weighted by Gasteiger charge is -2.01. The van der Waals surface area contributed by atoms with Crippen LogP contribution in [-0.4, -0.2) is 9.97 Å². The maximum atomic E-state index is 5.43. The average molecular weight is 166 g/mol. The molecule has 0 unspecified atom stereocenters. The van der Waals surface area contributed by atoms with Crippen LogP contribution in [0.4, 0.5) is 0 Å². The van der Waals surface area contributed by atoms with Crippen LogP contribution in [0.15, 0.2) is 12.3 Å². The summed E-state index contributed by atoms with van der Waals surface area (Å²) < 4.78 is 0. The minimum absolute atomic E-state index is 0.363. The summed E-state index contributed by atoms with van der Waals surface area (Å²) in [7, 11) is 0. The normalized spacial score (nSPS) is 9.64. The Morgan fingerprint density at radius 2 is 2.18 bits per heavy atom. The van der Waals surface area contributed by atoms with Gasteiger partial charge in [-0.2, -0.15) is 0 Å². The van der Waals surface area contributed by atoms with Gasteiger partial charge < -0.3 is 5.73 Å². The van der Waals surface area contributed by atoms with Gasteiger partial charge in [-0.15, -0.1) is 0 Å². The fourth-order valence-corrected chi connectivity index (χ4v) is 1.19. The summed E-state index contributed by atoms with van der Waals surface area (Å²) in [6.45, 7) is 3.94. The van der Waals surface area contributed by atoms with Crippen LogP contribution in [0.1, 0.15) is 16.8 Å². The third kappa shape index (κ3) is 1.74. The molecular weight excluding hydrogens is 156 g/mol. The van der Waals surface area contributed by atoms with E-state index in [4.69, 9.17) is 18.0 Å². The minimum Gasteiger partial charge on any atom is -0.388 e. The van der Waals surface area contributed by atoms with Crippen molar-refractivity contribution >= 4 is 17.2 Å². The van der Waals surface area contributed by atoms with Gasteiger partial charge in [-0.3, -0.25) is 4.98 Å². The molecule has 58 valence electrons. The average Bonchev–Trinajstić information content (AvgIpc) is 1.85. The fraction of sp³-hybridized carbons (Fsp3) is 0.250. The number of rotatable bonds is 1. The minimum atomic E-state index is 0.363. The van der Waals surface area contributed by atoms with Crippen molar-refractivity contribution in [3.63, 3.8) is 0 Å². The maximum Gasteiger partial charge on any atom is 0.122 e. The van der Waals surface area contributed by atoms with Gasteiger partial charge in [-0.1, -0.05) is 18.3 Å². The molecule has 0 fully saturated rings. The van der Waals surface area contributed by atoms with Crippen molar-refractivity contribution in [3.05, 3.63) is 29.1 Å². The molecule has 2 N–H and O–H groups in total. The fourth-order valence-electron chi connectivity index (χ4n) is 0.973. The van der Waals surface area contributed by atoms with Gasteiger partial charge >= 0.3 is 0 Å². The van der Waals surface area contributed by atoms with Crippen LogP contribution in [0.5, 0.6) is 0 Å². The van der Waals surface area contributed by atoms with Crippen molar-refractivity contribution in [1.82, 2.24) is 4.98 Å². The molecular formula is C8H10N2S. The molecule has 1 aromatic rings. The molecule has 0 aliphatic rings. The van der Waals surface area contributed by atoms with Crippen LogP contribution < -0.4 is 5.73 Å². The lowest BCUT2D eigenvalue weighted by molar-refractivity contribution is 1.19. The third-order valence-electron chi connectivity index (χ3n) is 1.45. The molecule has 0 amide bonds. The first-order valence-electron chi connectivity index (χ1n) is 3.34. The standard InChI is InChI=1S/C8H10N2S/c1-5-3-6(2)7(8(9)11)10-4-5/h3-4H,1-2H3,(H2,9,11). The molecule has 1 heterocycles. The lowest BCUT2D eigenvalue weighted by Crippen LogP contribution is -2.13. The van der Waals surface area contributed by atoms with Gasteiger partial charge in [0, 0.05) is 6.20 Å². The molecule has 3 heteroatoms. The highest BCUT2D eigenvalue weighted by Gasteiger charge is 2.01. The van der Waals surface area contributed by atoms with Gasteiger partial charge in [0.05, 0.1) is 5.69 Å². The van der Waals surface area contributed by atoms with Crippen molar-refractivity contribution in [2.24, 2.45) is 5.73 Å². The number of nitrogens with two attached hydrogens (primary N) is 1. The van der Waals surface area contributed by atoms with Crippen LogP contribution in [0.3, 0.4) is 0 Å². The monoisotopic (exact) mass is 166 g/mol. The van der Waals surface area contributed by atoms with E-state index in [1.165, 1.54) is 0 Å². The van der Waals surface area contributed by atoms with E-state index in [9.17, 15) is 0 Å². The number of thiocarbonyl (C=S) groups is 1. The predicted molar refractivity (Wildman–Crippen MR) is 49.6 cm³/mol. The van der Waals surface area contributed by atoms with Crippen LogP contribution in [-0.2, 0) is 0 Å². The number of hydrogen-bond donors (Lipinski definition) is 1. The van der Waals surface area contributed by atoms with Crippen molar-refractivity contribution in [3.8, 4) is 0 Å². The molecule has 0 radical (unpaired) electrons. The van der Waals surface area contributed by atoms with E-state index in [2.05, 4.69) is 4.98 Å². The first kappa shape index (κ1) is 8.14. The van der Waals surface area contributed by atoms with Crippen LogP contribution in [0.2, 0.25) is 0 Å². The summed E-state index contributed by atoms with van der Waals surface area (Å²) >= 11 is 4.81. The van der Waals surface area contributed by atoms with Crippen molar-refractivity contribution in [1.29, 1.82) is 0 Å². The first-order chi connectivity index (χ1) is 5.11. The molecule has 0 aromatic carbocycles. The maximum absolute atomic E-state index is 5.43. The van der Waals surface area contributed by atoms with E-state index < -0.39 is 0 Å². The largest absolute Gasteiger partial charge is 0.388 e. The van der Waals surface area contributed by atoms with E-state index in [-0.39, 0.29) is 0 Å². The van der Waals surface area contributed by atoms with Gasteiger partial charge in [0.1, 0.15) is 4.99 Å². The van der Waals surface area contributed by atoms with Crippen LogP contribution in [0, 0.1) is 13.8 Å². The molecule has 0 aliphatic heterocycles. The summed E-state index contributed by atoms with van der Waals surface area (Å²) in [5, 5.41) is 0. The Labute approximate surface area is 71.4 Å². The van der Waals surface area contributed by atoms with E-state index in [0.29, 0.717) is 4.99 Å². The topological polar surface area (TPSA) is 38.9 Å². The Balaban J connectivity index is 3.20. The smallest absolute Gasteiger partial charge is 0.122 e. The Morgan fingerprint density at radius 3 is 2.64 bits per heavy atom. The van der Waals surface area contributed by atoms with Crippen molar-refractivity contribution in [2.45, 2.75) is 13.8 Å². The van der Waals surface area contributed by atoms with Gasteiger partial charge in [-0.05, 0) is 25.0 Å². The number of pyridine rings is 1. The highest BCUT2D eigenvalue weighted by molar-refractivity contribution is 7.80. The van der Waals surface area contributed by atoms with E-state index >= 15 is 0 Å². The molecule has 1 rings (SSSR count). The molecule has 0 spiro atoms. The highest BCUT2D eigenvalue weighted by atomic mass is 32.1. The summed E-state index contributed by atoms with van der Waals surface area (Å²) in [6.07, 6.45) is 1.77. The Bertz CT molecular complexity index is 294. The van der Waals surface area contributed by atoms with E-state index in [0.717, 1.165) is 16.8 Å². The van der Waals surface area contributed by atoms with Gasteiger partial charge in [0.25, 0.3) is 0 Å². The van der Waals surface area contributed by atoms with E-state index in [1.807, 2.05) is 19.9 Å². The Kier molecular flexibility index (Phi) is 2.19. The molecule has 2 nitrogen and oxygen atoms in total. The van der Waals surface area contributed by atoms with Gasteiger partial charge in [0.2, 0.25) is 0 Å². The second kappa shape index (κ2) is 2.96. The van der Waals surface area contributed by atoms with Crippen LogP contribution in [0.25, 0.3) is 0 Å². The molecule has 0 saturated heterocycles. The first-order valence-corrected chi connectivity index (χ1v) is 3.75. The quantitative estimate of drug-likeness (QED) is 0.640. The predicted octanol–water partition coefficient (Wildman–Crippen LogP) is 1.33. The molecule has 11 heavy (non-hydrogen) atoms. The zero-order valence-corrected chi connectivity index (χ0v) is 7.40. The number of hydrogen-bond acceptors (Lipinski definition) is 2. The van der Waals surface area contributed by atoms with Crippen molar-refractivity contribution in [2.75, 3.05) is 0 Å². The molecule has 0 bridgehead atoms. The summed E-state index contributed by atoms with van der Waals surface area (Å²) in [4.78, 5) is 4.47. The molecule has 0 saturated carbocycles. The summed E-state index contributed by atoms with van der Waals surface area (Å²) in [6, 6.07) is 2.02. The van der Waals surface area contributed by atoms with Gasteiger partial charge in [-0.25, -0.2) is 0 Å². The third-order valence-corrected chi connectivity index (χ3v) is 1.64. The Morgan fingerprint density at radius 1 is 1.55 bits per heavy atom. The summed E-state index contributed by atoms with van der Waals surface area (Å²) in [5.74, 6) is 0. The van der Waals surface area contributed by atoms with Crippen LogP contribution >= 0.6 is 12.2 Å². The number of aryl methyl sites for hydroxylation is 2. The SMILES string of the molecule is Cc1cnc(C(N)=S)c(C)c1. The number of aromatic nitrogens is 1. The molecule has 0 atom stereocenters. The van der Waals surface area contributed by atoms with Crippen molar-refractivity contribution < 1.29 is 0 Å². The zero-order chi connectivity index (χ0) is 8.43. The molecule has 1 aromatic heterocycles. The second-order valence-corrected chi connectivity index (χ2v) is 2.98. The lowest BCUT2D eigenvalue weighted by atomic mass is 10.2. The van der Waals surface area contributed by atoms with Gasteiger partial charge in [0.15, 0.2) is 0 Å². The number of nitrogens with zero attached hydrogens (tertiary/aromatic N) is 1.